The number of pyridine rings is 2. The summed E-state index contributed by atoms with van der Waals surface area (Å²) in [6.07, 6.45) is 7.13. The van der Waals surface area contributed by atoms with Crippen molar-refractivity contribution < 1.29 is 14.3 Å². The summed E-state index contributed by atoms with van der Waals surface area (Å²) in [5, 5.41) is 21.4. The first kappa shape index (κ1) is 30.0. The summed E-state index contributed by atoms with van der Waals surface area (Å²) < 4.78 is 13.7. The number of nitrogens with one attached hydrogen (secondary N) is 2. The second-order valence-electron chi connectivity index (χ2n) is 10.4. The van der Waals surface area contributed by atoms with E-state index < -0.39 is 0 Å². The van der Waals surface area contributed by atoms with Crippen molar-refractivity contribution in [3.05, 3.63) is 84.0 Å². The van der Waals surface area contributed by atoms with Crippen LogP contribution in [0.4, 0.5) is 17.1 Å². The van der Waals surface area contributed by atoms with E-state index in [1.165, 1.54) is 12.4 Å². The molecule has 5 rings (SSSR count). The van der Waals surface area contributed by atoms with Crippen LogP contribution < -0.4 is 20.1 Å². The zero-order chi connectivity index (χ0) is 31.2. The Balaban J connectivity index is 1.51. The Morgan fingerprint density at radius 3 is 2.70 bits per heavy atom. The number of benzene rings is 2. The van der Waals surface area contributed by atoms with Crippen LogP contribution in [-0.2, 0) is 11.2 Å². The van der Waals surface area contributed by atoms with E-state index in [1.807, 2.05) is 70.1 Å². The molecule has 1 amide bonds. The number of likely N-dealkylation sites (N-methyl/N-ethyl adjacent to an activating group) is 1. The normalized spacial score (nSPS) is 11.3. The fraction of sp³-hybridized carbons (Fsp3) is 0.242. The van der Waals surface area contributed by atoms with Crippen LogP contribution in [0.5, 0.6) is 17.2 Å². The van der Waals surface area contributed by atoms with Crippen molar-refractivity contribution in [2.24, 2.45) is 0 Å². The molecule has 5 aromatic rings. The third kappa shape index (κ3) is 6.61. The standard InChI is InChI=1S/C33H34N8O3/c1-6-26-25(19-34)33(24-17-28(30(43-7-2)18-27(24)38-26)39-32(42)9-8-13-40(4)5)37-22-10-11-29(21(3)15-22)44-23-12-14-41-31(16-23)35-20-36-41/h8-12,14-18,20H,6-7,13H2,1-5H3,(H,37,38)(H,39,42)/b9-8+. The van der Waals surface area contributed by atoms with Crippen molar-refractivity contribution in [3.8, 4) is 23.3 Å². The molecule has 3 heterocycles. The second-order valence-corrected chi connectivity index (χ2v) is 10.4. The fourth-order valence-electron chi connectivity index (χ4n) is 4.74. The first-order valence-electron chi connectivity index (χ1n) is 14.3. The van der Waals surface area contributed by atoms with Gasteiger partial charge >= 0.3 is 0 Å². The largest absolute Gasteiger partial charge is 0.492 e. The molecule has 0 aliphatic carbocycles. The van der Waals surface area contributed by atoms with Crippen molar-refractivity contribution in [3.63, 3.8) is 0 Å². The van der Waals surface area contributed by atoms with E-state index in [0.29, 0.717) is 76.0 Å². The number of ether oxygens (including phenoxy) is 2. The highest BCUT2D eigenvalue weighted by atomic mass is 16.5. The lowest BCUT2D eigenvalue weighted by molar-refractivity contribution is -0.111. The molecule has 0 aliphatic heterocycles. The molecule has 0 saturated heterocycles. The fourth-order valence-corrected chi connectivity index (χ4v) is 4.74. The number of fused-ring (bicyclic) bond motifs is 2. The number of anilines is 3. The van der Waals surface area contributed by atoms with Crippen LogP contribution in [0, 0.1) is 18.3 Å². The molecule has 0 unspecified atom stereocenters. The first-order valence-corrected chi connectivity index (χ1v) is 14.3. The highest BCUT2D eigenvalue weighted by Crippen LogP contribution is 2.38. The zero-order valence-electron chi connectivity index (χ0n) is 25.4. The monoisotopic (exact) mass is 590 g/mol. The van der Waals surface area contributed by atoms with Crippen molar-refractivity contribution in [2.45, 2.75) is 27.2 Å². The summed E-state index contributed by atoms with van der Waals surface area (Å²) in [5.74, 6) is 1.54. The Morgan fingerprint density at radius 1 is 1.14 bits per heavy atom. The lowest BCUT2D eigenvalue weighted by atomic mass is 10.0. The Bertz CT molecular complexity index is 1910. The molecule has 0 fully saturated rings. The zero-order valence-corrected chi connectivity index (χ0v) is 25.4. The molecule has 0 spiro atoms. The molecule has 2 aromatic carbocycles. The average molecular weight is 591 g/mol. The number of nitrogens with zero attached hydrogens (tertiary/aromatic N) is 6. The molecule has 3 aromatic heterocycles. The van der Waals surface area contributed by atoms with Gasteiger partial charge in [-0.15, -0.1) is 0 Å². The smallest absolute Gasteiger partial charge is 0.248 e. The van der Waals surface area contributed by atoms with Crippen molar-refractivity contribution >= 4 is 39.5 Å². The van der Waals surface area contributed by atoms with E-state index in [9.17, 15) is 10.1 Å². The van der Waals surface area contributed by atoms with Gasteiger partial charge in [0.1, 0.15) is 29.6 Å². The van der Waals surface area contributed by atoms with Crippen LogP contribution in [0.3, 0.4) is 0 Å². The van der Waals surface area contributed by atoms with Crippen LogP contribution >= 0.6 is 0 Å². The first-order chi connectivity index (χ1) is 21.3. The van der Waals surface area contributed by atoms with Crippen molar-refractivity contribution in [2.75, 3.05) is 37.9 Å². The number of amides is 1. The van der Waals surface area contributed by atoms with Crippen LogP contribution in [0.2, 0.25) is 0 Å². The predicted octanol–water partition coefficient (Wildman–Crippen LogP) is 6.01. The maximum atomic E-state index is 12.8. The summed E-state index contributed by atoms with van der Waals surface area (Å²) in [7, 11) is 3.86. The molecule has 2 N–H and O–H groups in total. The topological polar surface area (TPSA) is 130 Å². The van der Waals surface area contributed by atoms with Gasteiger partial charge in [-0.3, -0.25) is 9.78 Å². The van der Waals surface area contributed by atoms with Gasteiger partial charge < -0.3 is 25.0 Å². The summed E-state index contributed by atoms with van der Waals surface area (Å²) in [6.45, 7) is 6.84. The molecular formula is C33H34N8O3. The molecule has 224 valence electrons. The highest BCUT2D eigenvalue weighted by Gasteiger charge is 2.19. The maximum absolute atomic E-state index is 12.8. The molecular weight excluding hydrogens is 556 g/mol. The maximum Gasteiger partial charge on any atom is 0.248 e. The van der Waals surface area contributed by atoms with Gasteiger partial charge in [0.2, 0.25) is 5.91 Å². The molecule has 0 atom stereocenters. The number of hydrogen-bond acceptors (Lipinski definition) is 9. The number of nitriles is 1. The van der Waals surface area contributed by atoms with E-state index in [-0.39, 0.29) is 5.91 Å². The minimum absolute atomic E-state index is 0.283. The highest BCUT2D eigenvalue weighted by molar-refractivity contribution is 6.05. The lowest BCUT2D eigenvalue weighted by Gasteiger charge is -2.18. The van der Waals surface area contributed by atoms with Crippen molar-refractivity contribution in [1.82, 2.24) is 24.5 Å². The van der Waals surface area contributed by atoms with E-state index in [2.05, 4.69) is 26.8 Å². The second kappa shape index (κ2) is 13.2. The Hall–Kier alpha value is -5.47. The quantitative estimate of drug-likeness (QED) is 0.178. The van der Waals surface area contributed by atoms with Gasteiger partial charge in [-0.2, -0.15) is 10.4 Å². The Morgan fingerprint density at radius 2 is 1.98 bits per heavy atom. The van der Waals surface area contributed by atoms with Gasteiger partial charge in [-0.05, 0) is 70.3 Å². The molecule has 11 nitrogen and oxygen atoms in total. The van der Waals surface area contributed by atoms with Gasteiger partial charge in [0.15, 0.2) is 5.65 Å². The summed E-state index contributed by atoms with van der Waals surface area (Å²) in [6, 6.07) is 15.3. The number of carbonyl (C=O) groups excluding carboxylic acids is 1. The molecule has 11 heteroatoms. The number of rotatable bonds is 11. The summed E-state index contributed by atoms with van der Waals surface area (Å²) in [5.41, 5.74) is 5.17. The molecule has 0 radical (unpaired) electrons. The van der Waals surface area contributed by atoms with E-state index in [0.717, 1.165) is 11.3 Å². The summed E-state index contributed by atoms with van der Waals surface area (Å²) in [4.78, 5) is 23.7. The minimum Gasteiger partial charge on any atom is -0.492 e. The van der Waals surface area contributed by atoms with Crippen molar-refractivity contribution in [1.29, 1.82) is 5.26 Å². The van der Waals surface area contributed by atoms with E-state index in [4.69, 9.17) is 14.5 Å². The van der Waals surface area contributed by atoms with Crippen LogP contribution in [0.1, 0.15) is 30.7 Å². The number of aromatic nitrogens is 4. The molecule has 0 aliphatic rings. The molecule has 44 heavy (non-hydrogen) atoms. The summed E-state index contributed by atoms with van der Waals surface area (Å²) >= 11 is 0. The Kier molecular flexibility index (Phi) is 9.02. The van der Waals surface area contributed by atoms with Gasteiger partial charge in [-0.1, -0.05) is 13.0 Å². The third-order valence-corrected chi connectivity index (χ3v) is 6.83. The third-order valence-electron chi connectivity index (χ3n) is 6.83. The van der Waals surface area contributed by atoms with E-state index >= 15 is 0 Å². The van der Waals surface area contributed by atoms with Gasteiger partial charge in [-0.25, -0.2) is 9.50 Å². The number of carbonyl (C=O) groups is 1. The Labute approximate surface area is 255 Å². The molecule has 0 saturated carbocycles. The average Bonchev–Trinajstić information content (AvgIpc) is 3.47. The van der Waals surface area contributed by atoms with Gasteiger partial charge in [0.25, 0.3) is 0 Å². The molecule has 0 bridgehead atoms. The van der Waals surface area contributed by atoms with Crippen LogP contribution in [-0.4, -0.2) is 57.6 Å². The predicted molar refractivity (Wildman–Crippen MR) is 171 cm³/mol. The van der Waals surface area contributed by atoms with Gasteiger partial charge in [0.05, 0.1) is 34.8 Å². The van der Waals surface area contributed by atoms with Gasteiger partial charge in [0, 0.05) is 42.0 Å². The number of hydrogen-bond donors (Lipinski definition) is 2. The van der Waals surface area contributed by atoms with E-state index in [1.54, 1.807) is 28.9 Å². The lowest BCUT2D eigenvalue weighted by Crippen LogP contribution is -2.13. The minimum atomic E-state index is -0.283. The number of aryl methyl sites for hydroxylation is 2. The van der Waals surface area contributed by atoms with Crippen LogP contribution in [0.15, 0.2) is 67.1 Å². The van der Waals surface area contributed by atoms with Crippen LogP contribution in [0.25, 0.3) is 16.6 Å². The SMILES string of the molecule is CCOc1cc2nc(CC)c(C#N)c(Nc3ccc(Oc4ccn5ncnc5c4)c(C)c3)c2cc1NC(=O)/C=C/CN(C)C.